The molecule has 4 nitrogen and oxygen atoms in total. The summed E-state index contributed by atoms with van der Waals surface area (Å²) in [6.07, 6.45) is 2.94. The molecule has 1 aliphatic heterocycles. The fourth-order valence-electron chi connectivity index (χ4n) is 3.15. The van der Waals surface area contributed by atoms with Crippen molar-refractivity contribution in [2.45, 2.75) is 12.8 Å². The predicted octanol–water partition coefficient (Wildman–Crippen LogP) is 3.59. The van der Waals surface area contributed by atoms with E-state index in [2.05, 4.69) is 9.97 Å². The molecule has 0 bridgehead atoms. The van der Waals surface area contributed by atoms with Crippen molar-refractivity contribution in [3.63, 3.8) is 0 Å². The molecule has 0 saturated carbocycles. The monoisotopic (exact) mass is 353 g/mol. The first kappa shape index (κ1) is 15.9. The first-order valence-corrected chi connectivity index (χ1v) is 9.07. The standard InChI is InChI=1S/C19H16FN3OS/c20-15-3-1-13(2-4-15)18-16-5-8-23(9-6-17(16)21-12-22-18)19(24)14-7-10-25-11-14/h1-4,7,10-12H,5-6,8-9H2. The number of fused-ring (bicyclic) bond motifs is 1. The minimum Gasteiger partial charge on any atom is -0.338 e. The molecule has 0 N–H and O–H groups in total. The Morgan fingerprint density at radius 1 is 1.08 bits per heavy atom. The van der Waals surface area contributed by atoms with Crippen molar-refractivity contribution in [1.29, 1.82) is 0 Å². The molecule has 1 aliphatic rings. The summed E-state index contributed by atoms with van der Waals surface area (Å²) in [5.41, 5.74) is 4.46. The zero-order chi connectivity index (χ0) is 17.2. The van der Waals surface area contributed by atoms with E-state index >= 15 is 0 Å². The summed E-state index contributed by atoms with van der Waals surface area (Å²) in [7, 11) is 0. The number of amides is 1. The van der Waals surface area contributed by atoms with Gasteiger partial charge in [0, 0.05) is 41.7 Å². The maximum atomic E-state index is 13.2. The molecular formula is C19H16FN3OS. The lowest BCUT2D eigenvalue weighted by Gasteiger charge is -2.19. The van der Waals surface area contributed by atoms with E-state index in [1.807, 2.05) is 21.7 Å². The summed E-state index contributed by atoms with van der Waals surface area (Å²) in [4.78, 5) is 23.3. The number of halogens is 1. The molecule has 126 valence electrons. The fourth-order valence-corrected chi connectivity index (χ4v) is 3.78. The molecule has 25 heavy (non-hydrogen) atoms. The summed E-state index contributed by atoms with van der Waals surface area (Å²) in [5.74, 6) is -0.207. The molecule has 0 spiro atoms. The Morgan fingerprint density at radius 3 is 2.64 bits per heavy atom. The van der Waals surface area contributed by atoms with Crippen molar-refractivity contribution >= 4 is 17.2 Å². The van der Waals surface area contributed by atoms with Gasteiger partial charge in [0.15, 0.2) is 0 Å². The van der Waals surface area contributed by atoms with Gasteiger partial charge >= 0.3 is 0 Å². The van der Waals surface area contributed by atoms with Crippen LogP contribution in [0.2, 0.25) is 0 Å². The van der Waals surface area contributed by atoms with Crippen molar-refractivity contribution < 1.29 is 9.18 Å². The molecule has 0 atom stereocenters. The Hall–Kier alpha value is -2.60. The lowest BCUT2D eigenvalue weighted by Crippen LogP contribution is -2.33. The molecule has 0 saturated heterocycles. The minimum atomic E-state index is -0.267. The van der Waals surface area contributed by atoms with Crippen LogP contribution in [-0.2, 0) is 12.8 Å². The maximum Gasteiger partial charge on any atom is 0.254 e. The van der Waals surface area contributed by atoms with E-state index in [9.17, 15) is 9.18 Å². The summed E-state index contributed by atoms with van der Waals surface area (Å²) in [5, 5.41) is 3.79. The van der Waals surface area contributed by atoms with E-state index < -0.39 is 0 Å². The van der Waals surface area contributed by atoms with Crippen LogP contribution >= 0.6 is 11.3 Å². The molecule has 0 radical (unpaired) electrons. The highest BCUT2D eigenvalue weighted by Crippen LogP contribution is 2.26. The van der Waals surface area contributed by atoms with Gasteiger partial charge in [-0.3, -0.25) is 4.79 Å². The molecule has 0 fully saturated rings. The van der Waals surface area contributed by atoms with Crippen molar-refractivity contribution in [3.05, 3.63) is 70.1 Å². The van der Waals surface area contributed by atoms with Crippen molar-refractivity contribution in [2.75, 3.05) is 13.1 Å². The van der Waals surface area contributed by atoms with Gasteiger partial charge in [0.1, 0.15) is 12.1 Å². The zero-order valence-corrected chi connectivity index (χ0v) is 14.3. The Kier molecular flexibility index (Phi) is 4.28. The number of hydrogen-bond acceptors (Lipinski definition) is 4. The molecule has 6 heteroatoms. The van der Waals surface area contributed by atoms with E-state index in [0.29, 0.717) is 25.9 Å². The number of thiophene rings is 1. The normalized spacial score (nSPS) is 14.0. The Bertz CT molecular complexity index is 894. The summed E-state index contributed by atoms with van der Waals surface area (Å²) >= 11 is 1.52. The maximum absolute atomic E-state index is 13.2. The number of hydrogen-bond donors (Lipinski definition) is 0. The van der Waals surface area contributed by atoms with Gasteiger partial charge in [-0.25, -0.2) is 14.4 Å². The van der Waals surface area contributed by atoms with E-state index in [1.165, 1.54) is 23.5 Å². The number of benzene rings is 1. The van der Waals surface area contributed by atoms with E-state index in [1.54, 1.807) is 18.5 Å². The third kappa shape index (κ3) is 3.17. The molecule has 1 aromatic carbocycles. The van der Waals surface area contributed by atoms with Crippen LogP contribution < -0.4 is 0 Å². The van der Waals surface area contributed by atoms with Crippen LogP contribution in [-0.4, -0.2) is 33.9 Å². The van der Waals surface area contributed by atoms with Crippen LogP contribution in [0.15, 0.2) is 47.4 Å². The Labute approximate surface area is 149 Å². The Morgan fingerprint density at radius 2 is 1.88 bits per heavy atom. The second-order valence-electron chi connectivity index (χ2n) is 5.96. The molecule has 2 aromatic heterocycles. The van der Waals surface area contributed by atoms with Crippen LogP contribution in [0.1, 0.15) is 21.6 Å². The smallest absolute Gasteiger partial charge is 0.254 e. The predicted molar refractivity (Wildman–Crippen MR) is 95.1 cm³/mol. The first-order valence-electron chi connectivity index (χ1n) is 8.12. The first-order chi connectivity index (χ1) is 12.2. The highest BCUT2D eigenvalue weighted by molar-refractivity contribution is 7.08. The molecule has 0 unspecified atom stereocenters. The Balaban J connectivity index is 1.62. The van der Waals surface area contributed by atoms with Gasteiger partial charge in [0.2, 0.25) is 0 Å². The van der Waals surface area contributed by atoms with E-state index in [-0.39, 0.29) is 11.7 Å². The third-order valence-electron chi connectivity index (χ3n) is 4.46. The van der Waals surface area contributed by atoms with Crippen LogP contribution in [0, 0.1) is 5.82 Å². The number of rotatable bonds is 2. The van der Waals surface area contributed by atoms with Gasteiger partial charge in [0.05, 0.1) is 11.3 Å². The van der Waals surface area contributed by atoms with Crippen LogP contribution in [0.3, 0.4) is 0 Å². The van der Waals surface area contributed by atoms with Gasteiger partial charge in [0.25, 0.3) is 5.91 Å². The highest BCUT2D eigenvalue weighted by atomic mass is 32.1. The van der Waals surface area contributed by atoms with Gasteiger partial charge in [-0.2, -0.15) is 11.3 Å². The van der Waals surface area contributed by atoms with Crippen molar-refractivity contribution in [3.8, 4) is 11.3 Å². The van der Waals surface area contributed by atoms with E-state index in [4.69, 9.17) is 0 Å². The summed E-state index contributed by atoms with van der Waals surface area (Å²) in [6, 6.07) is 8.20. The highest BCUT2D eigenvalue weighted by Gasteiger charge is 2.23. The lowest BCUT2D eigenvalue weighted by molar-refractivity contribution is 0.0763. The van der Waals surface area contributed by atoms with Crippen LogP contribution in [0.25, 0.3) is 11.3 Å². The quantitative estimate of drug-likeness (QED) is 0.707. The average molecular weight is 353 g/mol. The number of carbonyl (C=O) groups excluding carboxylic acids is 1. The van der Waals surface area contributed by atoms with Crippen LogP contribution in [0.4, 0.5) is 4.39 Å². The second kappa shape index (κ2) is 6.72. The fraction of sp³-hybridized carbons (Fsp3) is 0.211. The average Bonchev–Trinajstić information content (AvgIpc) is 3.08. The summed E-state index contributed by atoms with van der Waals surface area (Å²) < 4.78 is 13.2. The van der Waals surface area contributed by atoms with Gasteiger partial charge in [-0.15, -0.1) is 0 Å². The van der Waals surface area contributed by atoms with Gasteiger partial charge < -0.3 is 4.90 Å². The van der Waals surface area contributed by atoms with Crippen molar-refractivity contribution in [2.24, 2.45) is 0 Å². The van der Waals surface area contributed by atoms with Crippen LogP contribution in [0.5, 0.6) is 0 Å². The summed E-state index contributed by atoms with van der Waals surface area (Å²) in [6.45, 7) is 1.27. The second-order valence-corrected chi connectivity index (χ2v) is 6.74. The third-order valence-corrected chi connectivity index (χ3v) is 5.14. The lowest BCUT2D eigenvalue weighted by atomic mass is 10.0. The molecule has 1 amide bonds. The number of nitrogens with zero attached hydrogens (tertiary/aromatic N) is 3. The SMILES string of the molecule is O=C(c1ccsc1)N1CCc2ncnc(-c3ccc(F)cc3)c2CC1. The van der Waals surface area contributed by atoms with Gasteiger partial charge in [-0.05, 0) is 42.1 Å². The molecule has 3 aromatic rings. The minimum absolute atomic E-state index is 0.0605. The molecule has 4 rings (SSSR count). The topological polar surface area (TPSA) is 46.1 Å². The zero-order valence-electron chi connectivity index (χ0n) is 13.5. The number of carbonyl (C=O) groups is 1. The molecular weight excluding hydrogens is 337 g/mol. The van der Waals surface area contributed by atoms with Crippen molar-refractivity contribution in [1.82, 2.24) is 14.9 Å². The van der Waals surface area contributed by atoms with Gasteiger partial charge in [-0.1, -0.05) is 0 Å². The van der Waals surface area contributed by atoms with E-state index in [0.717, 1.165) is 28.1 Å². The molecule has 0 aliphatic carbocycles. The molecule has 3 heterocycles. The number of aromatic nitrogens is 2. The largest absolute Gasteiger partial charge is 0.338 e.